The molecule has 1 unspecified atom stereocenters. The lowest BCUT2D eigenvalue weighted by atomic mass is 9.98. The first-order valence-electron chi connectivity index (χ1n) is 8.12. The van der Waals surface area contributed by atoms with E-state index in [1.54, 1.807) is 25.4 Å². The molecule has 2 aromatic carbocycles. The minimum atomic E-state index is -1.05. The van der Waals surface area contributed by atoms with E-state index >= 15 is 0 Å². The Morgan fingerprint density at radius 1 is 1.31 bits per heavy atom. The van der Waals surface area contributed by atoms with Crippen LogP contribution in [0.4, 0.5) is 0 Å². The minimum absolute atomic E-state index is 0.0807. The molecule has 0 aliphatic carbocycles. The molecule has 1 atom stereocenters. The molecule has 1 N–H and O–H groups in total. The first-order chi connectivity index (χ1) is 12.7. The van der Waals surface area contributed by atoms with Gasteiger partial charge in [-0.25, -0.2) is 4.98 Å². The van der Waals surface area contributed by atoms with Crippen LogP contribution in [0.25, 0.3) is 22.0 Å². The Bertz CT molecular complexity index is 1120. The number of nitrogens with one attached hydrogen (secondary N) is 1. The number of carbonyl (C=O) groups excluding carboxylic acids is 1. The second-order valence-electron chi connectivity index (χ2n) is 5.92. The molecule has 0 bridgehead atoms. The zero-order valence-electron chi connectivity index (χ0n) is 14.0. The topological polar surface area (TPSA) is 91.9 Å². The largest absolute Gasteiger partial charge is 0.496 e. The number of hydrogen-bond acceptors (Lipinski definition) is 5. The molecule has 0 amide bonds. The molecule has 4 aromatic rings. The third-order valence-corrected chi connectivity index (χ3v) is 4.34. The number of hydrogen-bond donors (Lipinski definition) is 1. The van der Waals surface area contributed by atoms with Gasteiger partial charge in [-0.1, -0.05) is 18.2 Å². The van der Waals surface area contributed by atoms with Crippen LogP contribution in [0.15, 0.2) is 53.1 Å². The maximum atomic E-state index is 12.8. The molecule has 0 fully saturated rings. The standard InChI is InChI=1S/C20H15N3O3/c1-25-18-8-4-6-15-19(18)12(11-22-15)9-16(24)13(10-21)20-23-14-5-2-3-7-17(14)26-20/h2-8,11,13,22H,9H2,1H3. The molecule has 0 aliphatic rings. The van der Waals surface area contributed by atoms with Crippen molar-refractivity contribution >= 4 is 27.8 Å². The average molecular weight is 345 g/mol. The zero-order valence-corrected chi connectivity index (χ0v) is 14.0. The molecular formula is C20H15N3O3. The predicted molar refractivity (Wildman–Crippen MR) is 95.9 cm³/mol. The van der Waals surface area contributed by atoms with Crippen LogP contribution >= 0.6 is 0 Å². The molecule has 26 heavy (non-hydrogen) atoms. The van der Waals surface area contributed by atoms with Gasteiger partial charge in [-0.05, 0) is 29.8 Å². The summed E-state index contributed by atoms with van der Waals surface area (Å²) in [5.41, 5.74) is 2.84. The Balaban J connectivity index is 1.67. The van der Waals surface area contributed by atoms with Crippen molar-refractivity contribution in [2.24, 2.45) is 0 Å². The van der Waals surface area contributed by atoms with Crippen molar-refractivity contribution < 1.29 is 13.9 Å². The number of para-hydroxylation sites is 2. The van der Waals surface area contributed by atoms with E-state index in [1.165, 1.54) is 0 Å². The Morgan fingerprint density at radius 3 is 2.92 bits per heavy atom. The lowest BCUT2D eigenvalue weighted by molar-refractivity contribution is -0.119. The van der Waals surface area contributed by atoms with Gasteiger partial charge in [0.15, 0.2) is 17.3 Å². The van der Waals surface area contributed by atoms with Crippen molar-refractivity contribution in [3.8, 4) is 11.8 Å². The molecule has 2 aromatic heterocycles. The Hall–Kier alpha value is -3.59. The summed E-state index contributed by atoms with van der Waals surface area (Å²) in [4.78, 5) is 20.2. The Kier molecular flexibility index (Phi) is 3.90. The number of ether oxygens (including phenoxy) is 1. The van der Waals surface area contributed by atoms with Crippen LogP contribution in [0.3, 0.4) is 0 Å². The zero-order chi connectivity index (χ0) is 18.1. The van der Waals surface area contributed by atoms with E-state index in [9.17, 15) is 10.1 Å². The minimum Gasteiger partial charge on any atom is -0.496 e. The van der Waals surface area contributed by atoms with E-state index in [-0.39, 0.29) is 18.1 Å². The van der Waals surface area contributed by atoms with Gasteiger partial charge in [-0.15, -0.1) is 0 Å². The molecule has 0 aliphatic heterocycles. The number of Topliss-reactive ketones (excluding diaryl/α,β-unsaturated/α-hetero) is 1. The maximum absolute atomic E-state index is 12.8. The van der Waals surface area contributed by atoms with Gasteiger partial charge in [-0.2, -0.15) is 5.26 Å². The first kappa shape index (κ1) is 15.9. The molecule has 0 saturated heterocycles. The second kappa shape index (κ2) is 6.37. The fourth-order valence-corrected chi connectivity index (χ4v) is 3.10. The highest BCUT2D eigenvalue weighted by atomic mass is 16.5. The SMILES string of the molecule is COc1cccc2[nH]cc(CC(=O)C(C#N)c3nc4ccccc4o3)c12. The number of aromatic nitrogens is 2. The summed E-state index contributed by atoms with van der Waals surface area (Å²) in [6.45, 7) is 0. The number of oxazole rings is 1. The molecule has 2 heterocycles. The number of rotatable bonds is 5. The summed E-state index contributed by atoms with van der Waals surface area (Å²) in [5.74, 6) is -0.514. The summed E-state index contributed by atoms with van der Waals surface area (Å²) < 4.78 is 11.0. The highest BCUT2D eigenvalue weighted by molar-refractivity contribution is 5.96. The molecule has 0 spiro atoms. The number of aromatic amines is 1. The smallest absolute Gasteiger partial charge is 0.220 e. The van der Waals surface area contributed by atoms with Crippen molar-refractivity contribution in [2.75, 3.05) is 7.11 Å². The van der Waals surface area contributed by atoms with Crippen molar-refractivity contribution in [2.45, 2.75) is 12.3 Å². The number of nitriles is 1. The van der Waals surface area contributed by atoms with Crippen LogP contribution in [0.1, 0.15) is 17.4 Å². The molecule has 6 heteroatoms. The van der Waals surface area contributed by atoms with Crippen LogP contribution < -0.4 is 4.74 Å². The molecule has 128 valence electrons. The van der Waals surface area contributed by atoms with Gasteiger partial charge in [0, 0.05) is 23.5 Å². The van der Waals surface area contributed by atoms with Gasteiger partial charge in [0.1, 0.15) is 11.3 Å². The van der Waals surface area contributed by atoms with E-state index < -0.39 is 5.92 Å². The summed E-state index contributed by atoms with van der Waals surface area (Å²) in [5, 5.41) is 10.4. The van der Waals surface area contributed by atoms with Gasteiger partial charge in [0.2, 0.25) is 5.89 Å². The van der Waals surface area contributed by atoms with Crippen LogP contribution in [-0.4, -0.2) is 22.9 Å². The number of carbonyl (C=O) groups is 1. The average Bonchev–Trinajstić information content (AvgIpc) is 3.26. The lowest BCUT2D eigenvalue weighted by Gasteiger charge is -2.06. The maximum Gasteiger partial charge on any atom is 0.220 e. The van der Waals surface area contributed by atoms with Gasteiger partial charge < -0.3 is 14.1 Å². The molecule has 0 radical (unpaired) electrons. The summed E-state index contributed by atoms with van der Waals surface area (Å²) in [6, 6.07) is 14.8. The highest BCUT2D eigenvalue weighted by Gasteiger charge is 2.27. The quantitative estimate of drug-likeness (QED) is 0.595. The molecular weight excluding hydrogens is 330 g/mol. The van der Waals surface area contributed by atoms with Crippen LogP contribution in [0.5, 0.6) is 5.75 Å². The van der Waals surface area contributed by atoms with E-state index in [2.05, 4.69) is 9.97 Å². The second-order valence-corrected chi connectivity index (χ2v) is 5.92. The first-order valence-corrected chi connectivity index (χ1v) is 8.12. The lowest BCUT2D eigenvalue weighted by Crippen LogP contribution is -2.13. The number of H-pyrrole nitrogens is 1. The van der Waals surface area contributed by atoms with E-state index in [1.807, 2.05) is 36.4 Å². The van der Waals surface area contributed by atoms with Crippen LogP contribution in [0, 0.1) is 11.3 Å². The van der Waals surface area contributed by atoms with Crippen LogP contribution in [-0.2, 0) is 11.2 Å². The van der Waals surface area contributed by atoms with E-state index in [0.29, 0.717) is 16.8 Å². The number of fused-ring (bicyclic) bond motifs is 2. The predicted octanol–water partition coefficient (Wildman–Crippen LogP) is 3.74. The van der Waals surface area contributed by atoms with Gasteiger partial charge in [-0.3, -0.25) is 4.79 Å². The van der Waals surface area contributed by atoms with E-state index in [4.69, 9.17) is 9.15 Å². The fourth-order valence-electron chi connectivity index (χ4n) is 3.10. The van der Waals surface area contributed by atoms with Gasteiger partial charge in [0.25, 0.3) is 0 Å². The highest BCUT2D eigenvalue weighted by Crippen LogP contribution is 2.30. The number of methoxy groups -OCH3 is 1. The normalized spacial score (nSPS) is 12.2. The molecule has 0 saturated carbocycles. The monoisotopic (exact) mass is 345 g/mol. The number of nitrogens with zero attached hydrogens (tertiary/aromatic N) is 2. The van der Waals surface area contributed by atoms with Crippen molar-refractivity contribution in [3.05, 3.63) is 60.1 Å². The number of benzene rings is 2. The van der Waals surface area contributed by atoms with E-state index in [0.717, 1.165) is 16.5 Å². The fraction of sp³-hybridized carbons (Fsp3) is 0.150. The molecule has 4 rings (SSSR count). The van der Waals surface area contributed by atoms with Crippen molar-refractivity contribution in [3.63, 3.8) is 0 Å². The van der Waals surface area contributed by atoms with Crippen molar-refractivity contribution in [1.29, 1.82) is 5.26 Å². The third-order valence-electron chi connectivity index (χ3n) is 4.34. The Morgan fingerprint density at radius 2 is 2.15 bits per heavy atom. The summed E-state index contributed by atoms with van der Waals surface area (Å²) >= 11 is 0. The number of ketones is 1. The third kappa shape index (κ3) is 2.60. The molecule has 6 nitrogen and oxygen atoms in total. The van der Waals surface area contributed by atoms with Gasteiger partial charge in [0.05, 0.1) is 13.2 Å². The summed E-state index contributed by atoms with van der Waals surface area (Å²) in [7, 11) is 1.59. The van der Waals surface area contributed by atoms with Crippen LogP contribution in [0.2, 0.25) is 0 Å². The van der Waals surface area contributed by atoms with Crippen molar-refractivity contribution in [1.82, 2.24) is 9.97 Å². The Labute approximate surface area is 149 Å². The van der Waals surface area contributed by atoms with Gasteiger partial charge >= 0.3 is 0 Å². The summed E-state index contributed by atoms with van der Waals surface area (Å²) in [6.07, 6.45) is 1.85.